The fraction of sp³-hybridized carbons (Fsp3) is 0.481. The van der Waals surface area contributed by atoms with Crippen molar-refractivity contribution in [1.29, 1.82) is 0 Å². The summed E-state index contributed by atoms with van der Waals surface area (Å²) in [6.07, 6.45) is 4.24. The van der Waals surface area contributed by atoms with Crippen LogP contribution in [0.3, 0.4) is 0 Å². The fourth-order valence-corrected chi connectivity index (χ4v) is 5.27. The van der Waals surface area contributed by atoms with Gasteiger partial charge in [0, 0.05) is 51.9 Å². The van der Waals surface area contributed by atoms with E-state index in [0.29, 0.717) is 36.0 Å². The molecule has 1 aromatic carbocycles. The smallest absolute Gasteiger partial charge is 0.294 e. The van der Waals surface area contributed by atoms with Gasteiger partial charge in [-0.1, -0.05) is 29.8 Å². The van der Waals surface area contributed by atoms with Crippen molar-refractivity contribution in [2.24, 2.45) is 18.9 Å². The van der Waals surface area contributed by atoms with Gasteiger partial charge in [0.05, 0.1) is 0 Å². The molecule has 5 rings (SSSR count). The average Bonchev–Trinajstić information content (AvgIpc) is 3.33. The minimum Gasteiger partial charge on any atom is -0.356 e. The molecule has 0 spiro atoms. The highest BCUT2D eigenvalue weighted by Crippen LogP contribution is 2.22. The Morgan fingerprint density at radius 3 is 2.63 bits per heavy atom. The summed E-state index contributed by atoms with van der Waals surface area (Å²) in [5, 5.41) is 3.21. The van der Waals surface area contributed by atoms with E-state index < -0.39 is 0 Å². The minimum atomic E-state index is -0.143. The van der Waals surface area contributed by atoms with Crippen LogP contribution in [0, 0.1) is 18.8 Å². The van der Waals surface area contributed by atoms with Crippen molar-refractivity contribution < 1.29 is 4.79 Å². The van der Waals surface area contributed by atoms with E-state index in [1.165, 1.54) is 11.1 Å². The molecule has 0 saturated carbocycles. The number of likely N-dealkylation sites (tertiary alicyclic amines) is 1. The SMILES string of the molecule is Cc1ccc(CN2CC[C@H](CNC(=O)C3CCN(c4nc5cccnc5n(C)c4=O)CC3)C2)cc1. The molecule has 35 heavy (non-hydrogen) atoms. The standard InChI is InChI=1S/C27H34N6O2/c1-19-5-7-20(8-6-19)17-32-13-9-21(18-32)16-29-26(34)22-10-14-33(15-11-22)25-27(35)31(2)24-23(30-25)4-3-12-28-24/h3-8,12,21-22H,9-11,13-18H2,1-2H3,(H,29,34)/t21-/m1/s1. The molecule has 0 radical (unpaired) electrons. The number of nitrogens with one attached hydrogen (secondary N) is 1. The Labute approximate surface area is 206 Å². The van der Waals surface area contributed by atoms with Gasteiger partial charge in [-0.25, -0.2) is 9.97 Å². The Morgan fingerprint density at radius 1 is 1.09 bits per heavy atom. The topological polar surface area (TPSA) is 83.4 Å². The minimum absolute atomic E-state index is 0.0118. The Bertz CT molecular complexity index is 1250. The zero-order valence-electron chi connectivity index (χ0n) is 20.6. The van der Waals surface area contributed by atoms with E-state index in [4.69, 9.17) is 0 Å². The number of nitrogens with zero attached hydrogens (tertiary/aromatic N) is 5. The number of benzene rings is 1. The summed E-state index contributed by atoms with van der Waals surface area (Å²) in [6.45, 7) is 7.24. The van der Waals surface area contributed by atoms with Crippen molar-refractivity contribution in [2.75, 3.05) is 37.6 Å². The van der Waals surface area contributed by atoms with Crippen LogP contribution in [0.1, 0.15) is 30.4 Å². The average molecular weight is 475 g/mol. The Balaban J connectivity index is 1.10. The first kappa shape index (κ1) is 23.5. The van der Waals surface area contributed by atoms with Crippen molar-refractivity contribution in [3.63, 3.8) is 0 Å². The van der Waals surface area contributed by atoms with Crippen LogP contribution in [-0.4, -0.2) is 58.1 Å². The molecule has 2 aliphatic heterocycles. The van der Waals surface area contributed by atoms with Crippen molar-refractivity contribution in [1.82, 2.24) is 24.8 Å². The molecule has 4 heterocycles. The van der Waals surface area contributed by atoms with Crippen LogP contribution < -0.4 is 15.8 Å². The number of carbonyl (C=O) groups excluding carboxylic acids is 1. The number of aromatic nitrogens is 3. The first-order chi connectivity index (χ1) is 17.0. The van der Waals surface area contributed by atoms with Crippen LogP contribution in [0.2, 0.25) is 0 Å². The second-order valence-corrected chi connectivity index (χ2v) is 10.0. The third-order valence-corrected chi connectivity index (χ3v) is 7.43. The second kappa shape index (κ2) is 10.2. The van der Waals surface area contributed by atoms with E-state index >= 15 is 0 Å². The van der Waals surface area contributed by atoms with Crippen molar-refractivity contribution in [2.45, 2.75) is 32.7 Å². The van der Waals surface area contributed by atoms with Crippen LogP contribution in [0.15, 0.2) is 47.4 Å². The summed E-state index contributed by atoms with van der Waals surface area (Å²) in [4.78, 5) is 39.1. The summed E-state index contributed by atoms with van der Waals surface area (Å²) >= 11 is 0. The number of amides is 1. The van der Waals surface area contributed by atoms with Gasteiger partial charge >= 0.3 is 0 Å². The zero-order valence-corrected chi connectivity index (χ0v) is 20.6. The highest BCUT2D eigenvalue weighted by Gasteiger charge is 2.29. The van der Waals surface area contributed by atoms with Crippen LogP contribution in [-0.2, 0) is 18.4 Å². The number of aryl methyl sites for hydroxylation is 2. The predicted octanol–water partition coefficient (Wildman–Crippen LogP) is 2.49. The molecule has 0 bridgehead atoms. The molecule has 2 saturated heterocycles. The Hall–Kier alpha value is -3.26. The maximum Gasteiger partial charge on any atom is 0.294 e. The van der Waals surface area contributed by atoms with Gasteiger partial charge in [0.1, 0.15) is 5.52 Å². The summed E-state index contributed by atoms with van der Waals surface area (Å²) in [7, 11) is 1.73. The van der Waals surface area contributed by atoms with Gasteiger partial charge in [0.15, 0.2) is 11.5 Å². The Morgan fingerprint density at radius 2 is 1.86 bits per heavy atom. The third-order valence-electron chi connectivity index (χ3n) is 7.43. The maximum absolute atomic E-state index is 12.9. The van der Waals surface area contributed by atoms with Gasteiger partial charge in [-0.05, 0) is 56.3 Å². The lowest BCUT2D eigenvalue weighted by atomic mass is 9.95. The highest BCUT2D eigenvalue weighted by atomic mass is 16.2. The van der Waals surface area contributed by atoms with Crippen LogP contribution >= 0.6 is 0 Å². The van der Waals surface area contributed by atoms with Gasteiger partial charge in [-0.2, -0.15) is 0 Å². The molecule has 184 valence electrons. The van der Waals surface area contributed by atoms with Gasteiger partial charge in [-0.3, -0.25) is 19.1 Å². The molecular weight excluding hydrogens is 440 g/mol. The zero-order chi connectivity index (χ0) is 24.4. The van der Waals surface area contributed by atoms with E-state index in [-0.39, 0.29) is 17.4 Å². The molecule has 2 aromatic heterocycles. The van der Waals surface area contributed by atoms with E-state index in [1.54, 1.807) is 17.8 Å². The maximum atomic E-state index is 12.9. The van der Waals surface area contributed by atoms with Gasteiger partial charge in [0.2, 0.25) is 5.91 Å². The number of fused-ring (bicyclic) bond motifs is 1. The number of hydrogen-bond donors (Lipinski definition) is 1. The molecule has 8 nitrogen and oxygen atoms in total. The number of rotatable bonds is 6. The number of pyridine rings is 1. The molecule has 0 unspecified atom stereocenters. The second-order valence-electron chi connectivity index (χ2n) is 10.0. The summed E-state index contributed by atoms with van der Waals surface area (Å²) in [6, 6.07) is 12.4. The van der Waals surface area contributed by atoms with E-state index in [9.17, 15) is 9.59 Å². The quantitative estimate of drug-likeness (QED) is 0.591. The number of hydrogen-bond acceptors (Lipinski definition) is 6. The van der Waals surface area contributed by atoms with Crippen molar-refractivity contribution >= 4 is 22.9 Å². The summed E-state index contributed by atoms with van der Waals surface area (Å²) < 4.78 is 1.56. The molecule has 1 amide bonds. The van der Waals surface area contributed by atoms with Crippen molar-refractivity contribution in [3.8, 4) is 0 Å². The van der Waals surface area contributed by atoms with Gasteiger partial charge in [0.25, 0.3) is 5.56 Å². The predicted molar refractivity (Wildman–Crippen MR) is 137 cm³/mol. The molecule has 2 aliphatic rings. The Kier molecular flexibility index (Phi) is 6.81. The summed E-state index contributed by atoms with van der Waals surface area (Å²) in [5.41, 5.74) is 3.78. The highest BCUT2D eigenvalue weighted by molar-refractivity contribution is 5.79. The molecular formula is C27H34N6O2. The normalized spacial score (nSPS) is 19.4. The molecule has 1 N–H and O–H groups in total. The summed E-state index contributed by atoms with van der Waals surface area (Å²) in [5.74, 6) is 1.09. The molecule has 1 atom stereocenters. The molecule has 8 heteroatoms. The van der Waals surface area contributed by atoms with E-state index in [1.807, 2.05) is 17.0 Å². The lowest BCUT2D eigenvalue weighted by molar-refractivity contribution is -0.125. The lowest BCUT2D eigenvalue weighted by Gasteiger charge is -2.32. The fourth-order valence-electron chi connectivity index (χ4n) is 5.27. The largest absolute Gasteiger partial charge is 0.356 e. The molecule has 2 fully saturated rings. The van der Waals surface area contributed by atoms with Gasteiger partial charge < -0.3 is 10.2 Å². The van der Waals surface area contributed by atoms with Crippen molar-refractivity contribution in [3.05, 3.63) is 64.1 Å². The van der Waals surface area contributed by atoms with E-state index in [0.717, 1.165) is 45.4 Å². The van der Waals surface area contributed by atoms with Gasteiger partial charge in [-0.15, -0.1) is 0 Å². The molecule has 3 aromatic rings. The van der Waals surface area contributed by atoms with Crippen LogP contribution in [0.5, 0.6) is 0 Å². The van der Waals surface area contributed by atoms with E-state index in [2.05, 4.69) is 51.4 Å². The number of piperidine rings is 1. The first-order valence-electron chi connectivity index (χ1n) is 12.6. The third kappa shape index (κ3) is 5.22. The first-order valence-corrected chi connectivity index (χ1v) is 12.6. The molecule has 0 aliphatic carbocycles. The van der Waals surface area contributed by atoms with Crippen LogP contribution in [0.25, 0.3) is 11.2 Å². The monoisotopic (exact) mass is 474 g/mol. The number of carbonyl (C=O) groups is 1. The lowest BCUT2D eigenvalue weighted by Crippen LogP contribution is -2.44. The number of anilines is 1. The van der Waals surface area contributed by atoms with Crippen LogP contribution in [0.4, 0.5) is 5.82 Å².